The summed E-state index contributed by atoms with van der Waals surface area (Å²) in [5.41, 5.74) is 0. The van der Waals surface area contributed by atoms with Gasteiger partial charge in [-0.05, 0) is 27.2 Å². The van der Waals surface area contributed by atoms with Crippen LogP contribution in [0.25, 0.3) is 0 Å². The maximum absolute atomic E-state index is 12.3. The largest absolute Gasteiger partial charge is 0.352 e. The van der Waals surface area contributed by atoms with E-state index >= 15 is 0 Å². The van der Waals surface area contributed by atoms with E-state index in [9.17, 15) is 14.4 Å². The van der Waals surface area contributed by atoms with Gasteiger partial charge in [0.25, 0.3) is 0 Å². The summed E-state index contributed by atoms with van der Waals surface area (Å²) in [7, 11) is 3.16. The van der Waals surface area contributed by atoms with Crippen molar-refractivity contribution < 1.29 is 14.4 Å². The van der Waals surface area contributed by atoms with Crippen LogP contribution >= 0.6 is 0 Å². The molecule has 0 aliphatic rings. The van der Waals surface area contributed by atoms with E-state index in [4.69, 9.17) is 0 Å². The van der Waals surface area contributed by atoms with Gasteiger partial charge < -0.3 is 15.1 Å². The van der Waals surface area contributed by atoms with Gasteiger partial charge in [-0.2, -0.15) is 0 Å². The normalized spacial score (nSPS) is 10.6. The van der Waals surface area contributed by atoms with Crippen molar-refractivity contribution in [2.75, 3.05) is 27.2 Å². The van der Waals surface area contributed by atoms with Crippen LogP contribution in [-0.2, 0) is 14.4 Å². The summed E-state index contributed by atoms with van der Waals surface area (Å²) in [6.45, 7) is 8.21. The summed E-state index contributed by atoms with van der Waals surface area (Å²) >= 11 is 0. The molecule has 0 atom stereocenters. The Kier molecular flexibility index (Phi) is 7.87. The maximum Gasteiger partial charge on any atom is 0.249 e. The summed E-state index contributed by atoms with van der Waals surface area (Å²) in [5.74, 6) is -2.01. The summed E-state index contributed by atoms with van der Waals surface area (Å²) in [5, 5.41) is 2.61. The highest BCUT2D eigenvalue weighted by atomic mass is 16.2. The Morgan fingerprint density at radius 2 is 1.50 bits per heavy atom. The van der Waals surface area contributed by atoms with E-state index in [-0.39, 0.29) is 12.0 Å². The average molecular weight is 284 g/mol. The molecule has 0 aromatic heterocycles. The minimum absolute atomic E-state index is 0.137. The number of hydrogen-bond donors (Lipinski definition) is 1. The average Bonchev–Trinajstić information content (AvgIpc) is 2.36. The second-order valence-electron chi connectivity index (χ2n) is 5.05. The third kappa shape index (κ3) is 5.19. The van der Waals surface area contributed by atoms with Crippen LogP contribution in [0.2, 0.25) is 0 Å². The van der Waals surface area contributed by atoms with Gasteiger partial charge in [0, 0.05) is 33.2 Å². The van der Waals surface area contributed by atoms with Gasteiger partial charge in [0.15, 0.2) is 0 Å². The lowest BCUT2D eigenvalue weighted by molar-refractivity contribution is -0.140. The van der Waals surface area contributed by atoms with Gasteiger partial charge in [0.1, 0.15) is 0 Å². The summed E-state index contributed by atoms with van der Waals surface area (Å²) < 4.78 is 0. The number of carbonyl (C=O) groups is 3. The van der Waals surface area contributed by atoms with E-state index in [1.54, 1.807) is 34.9 Å². The highest BCUT2D eigenvalue weighted by Crippen LogP contribution is 2.10. The Bertz CT molecular complexity index is 356. The molecule has 0 aromatic rings. The number of nitrogens with zero attached hydrogens (tertiary/aromatic N) is 2. The van der Waals surface area contributed by atoms with E-state index in [0.717, 1.165) is 6.42 Å². The molecule has 3 amide bonds. The fraction of sp³-hybridized carbons (Fsp3) is 0.714. The van der Waals surface area contributed by atoms with Gasteiger partial charge in [0.2, 0.25) is 23.6 Å². The first kappa shape index (κ1) is 18.4. The third-order valence-electron chi connectivity index (χ3n) is 2.80. The molecule has 1 N–H and O–H groups in total. The molecule has 0 fully saturated rings. The summed E-state index contributed by atoms with van der Waals surface area (Å²) in [6, 6.07) is -0.137. The van der Waals surface area contributed by atoms with E-state index in [2.05, 4.69) is 5.32 Å². The summed E-state index contributed by atoms with van der Waals surface area (Å²) in [6.07, 6.45) is 0.763. The van der Waals surface area contributed by atoms with Crippen LogP contribution in [0.15, 0.2) is 0 Å². The van der Waals surface area contributed by atoms with Gasteiger partial charge in [-0.3, -0.25) is 14.4 Å². The van der Waals surface area contributed by atoms with Crippen LogP contribution in [0.4, 0.5) is 0 Å². The topological polar surface area (TPSA) is 69.7 Å². The first-order chi connectivity index (χ1) is 9.26. The molecule has 1 radical (unpaired) electrons. The van der Waals surface area contributed by atoms with Gasteiger partial charge in [0.05, 0.1) is 0 Å². The molecule has 20 heavy (non-hydrogen) atoms. The molecule has 0 heterocycles. The number of nitrogens with one attached hydrogen (secondary N) is 1. The van der Waals surface area contributed by atoms with E-state index in [1.165, 1.54) is 9.80 Å². The zero-order chi connectivity index (χ0) is 15.9. The Labute approximate surface area is 121 Å². The molecule has 0 spiro atoms. The van der Waals surface area contributed by atoms with E-state index in [0.29, 0.717) is 13.1 Å². The molecule has 0 saturated carbocycles. The van der Waals surface area contributed by atoms with E-state index < -0.39 is 17.7 Å². The molecule has 0 bridgehead atoms. The Balaban J connectivity index is 5.20. The zero-order valence-electron chi connectivity index (χ0n) is 13.3. The first-order valence-corrected chi connectivity index (χ1v) is 6.94. The molecule has 0 unspecified atom stereocenters. The molecule has 6 heteroatoms. The van der Waals surface area contributed by atoms with Crippen molar-refractivity contribution in [1.82, 2.24) is 15.1 Å². The molecule has 0 saturated heterocycles. The number of carbonyl (C=O) groups excluding carboxylic acids is 3. The van der Waals surface area contributed by atoms with Gasteiger partial charge >= 0.3 is 0 Å². The Hall–Kier alpha value is -1.59. The zero-order valence-corrected chi connectivity index (χ0v) is 13.3. The van der Waals surface area contributed by atoms with E-state index in [1.807, 2.05) is 6.92 Å². The Morgan fingerprint density at radius 3 is 1.90 bits per heavy atom. The highest BCUT2D eigenvalue weighted by Gasteiger charge is 2.39. The molecule has 0 aliphatic carbocycles. The van der Waals surface area contributed by atoms with Gasteiger partial charge in [-0.15, -0.1) is 0 Å². The van der Waals surface area contributed by atoms with Crippen molar-refractivity contribution in [3.8, 4) is 0 Å². The lowest BCUT2D eigenvalue weighted by Gasteiger charge is -2.25. The minimum Gasteiger partial charge on any atom is -0.352 e. The second kappa shape index (κ2) is 8.55. The van der Waals surface area contributed by atoms with Crippen molar-refractivity contribution in [2.24, 2.45) is 0 Å². The van der Waals surface area contributed by atoms with Crippen LogP contribution < -0.4 is 5.32 Å². The van der Waals surface area contributed by atoms with Crippen molar-refractivity contribution >= 4 is 17.7 Å². The van der Waals surface area contributed by atoms with Crippen LogP contribution in [0, 0.1) is 5.92 Å². The molecule has 0 aromatic carbocycles. The number of amides is 3. The minimum atomic E-state index is -0.613. The summed E-state index contributed by atoms with van der Waals surface area (Å²) in [4.78, 5) is 39.4. The molecule has 0 aliphatic heterocycles. The predicted molar refractivity (Wildman–Crippen MR) is 77.8 cm³/mol. The predicted octanol–water partition coefficient (Wildman–Crippen LogP) is 0.432. The Morgan fingerprint density at radius 1 is 1.00 bits per heavy atom. The lowest BCUT2D eigenvalue weighted by atomic mass is 10.0. The van der Waals surface area contributed by atoms with Crippen LogP contribution in [0.1, 0.15) is 34.1 Å². The molecule has 0 rings (SSSR count). The molecule has 6 nitrogen and oxygen atoms in total. The number of hydrogen-bond acceptors (Lipinski definition) is 3. The molecular formula is C14H26N3O3. The van der Waals surface area contributed by atoms with Crippen LogP contribution in [0.5, 0.6) is 0 Å². The van der Waals surface area contributed by atoms with Crippen molar-refractivity contribution in [3.05, 3.63) is 5.92 Å². The smallest absolute Gasteiger partial charge is 0.249 e. The van der Waals surface area contributed by atoms with Gasteiger partial charge in [-0.1, -0.05) is 6.92 Å². The second-order valence-corrected chi connectivity index (χ2v) is 5.05. The quantitative estimate of drug-likeness (QED) is 0.689. The van der Waals surface area contributed by atoms with Crippen LogP contribution in [-0.4, -0.2) is 60.7 Å². The lowest BCUT2D eigenvalue weighted by Crippen LogP contribution is -2.50. The van der Waals surface area contributed by atoms with Crippen LogP contribution in [0.3, 0.4) is 0 Å². The van der Waals surface area contributed by atoms with Crippen molar-refractivity contribution in [2.45, 2.75) is 40.2 Å². The van der Waals surface area contributed by atoms with Crippen molar-refractivity contribution in [1.29, 1.82) is 0 Å². The maximum atomic E-state index is 12.3. The first-order valence-electron chi connectivity index (χ1n) is 6.94. The highest BCUT2D eigenvalue weighted by molar-refractivity contribution is 6.32. The molecule has 115 valence electrons. The number of rotatable bonds is 7. The molecular weight excluding hydrogens is 258 g/mol. The SMILES string of the molecule is CCCN(C)C(=O)[C](C(=O)NC(C)C)C(=O)N(C)CC. The standard InChI is InChI=1S/C14H26N3O3/c1-7-9-17(6)14(20)11(12(18)15-10(3)4)13(19)16(5)8-2/h10H,7-9H2,1-6H3,(H,15,18). The fourth-order valence-electron chi connectivity index (χ4n) is 1.58. The van der Waals surface area contributed by atoms with Crippen molar-refractivity contribution in [3.63, 3.8) is 0 Å². The van der Waals surface area contributed by atoms with Gasteiger partial charge in [-0.25, -0.2) is 0 Å². The monoisotopic (exact) mass is 284 g/mol. The third-order valence-corrected chi connectivity index (χ3v) is 2.80. The fourth-order valence-corrected chi connectivity index (χ4v) is 1.58.